The lowest BCUT2D eigenvalue weighted by molar-refractivity contribution is 0.0556. The molecule has 0 saturated carbocycles. The summed E-state index contributed by atoms with van der Waals surface area (Å²) in [5, 5.41) is 0. The summed E-state index contributed by atoms with van der Waals surface area (Å²) in [6.45, 7) is 0. The summed E-state index contributed by atoms with van der Waals surface area (Å²) in [7, 11) is 5.31. The van der Waals surface area contributed by atoms with E-state index < -0.39 is 17.7 Å². The first-order chi connectivity index (χ1) is 19.9. The van der Waals surface area contributed by atoms with Crippen molar-refractivity contribution in [3.63, 3.8) is 0 Å². The summed E-state index contributed by atoms with van der Waals surface area (Å²) in [5.41, 5.74) is 3.44. The van der Waals surface area contributed by atoms with Crippen LogP contribution in [-0.4, -0.2) is 55.5 Å². The van der Waals surface area contributed by atoms with Crippen molar-refractivity contribution in [2.24, 2.45) is 0 Å². The second-order valence-electron chi connectivity index (χ2n) is 8.95. The Hall–Kier alpha value is -5.44. The van der Waals surface area contributed by atoms with E-state index in [0.29, 0.717) is 17.2 Å². The molecule has 0 aliphatic rings. The summed E-state index contributed by atoms with van der Waals surface area (Å²) in [6, 6.07) is 24.0. The number of hydrogen-bond acceptors (Lipinski definition) is 8. The van der Waals surface area contributed by atoms with E-state index in [9.17, 15) is 14.4 Å². The van der Waals surface area contributed by atoms with Crippen molar-refractivity contribution in [3.8, 4) is 33.9 Å². The van der Waals surface area contributed by atoms with E-state index in [1.54, 1.807) is 12.1 Å². The average Bonchev–Trinajstić information content (AvgIpc) is 3.38. The van der Waals surface area contributed by atoms with Crippen LogP contribution >= 0.6 is 0 Å². The lowest BCUT2D eigenvalue weighted by atomic mass is 10.0. The Labute approximate surface area is 235 Å². The predicted molar refractivity (Wildman–Crippen MR) is 152 cm³/mol. The molecule has 41 heavy (non-hydrogen) atoms. The first-order valence-electron chi connectivity index (χ1n) is 12.5. The number of nitrogens with zero attached hydrogens (tertiary/aromatic N) is 2. The minimum Gasteiger partial charge on any atom is -0.493 e. The van der Waals surface area contributed by atoms with Crippen molar-refractivity contribution in [3.05, 3.63) is 108 Å². The van der Waals surface area contributed by atoms with Gasteiger partial charge in [0.25, 0.3) is 0 Å². The Bertz CT molecular complexity index is 1770. The summed E-state index contributed by atoms with van der Waals surface area (Å²) in [4.78, 5) is 44.6. The van der Waals surface area contributed by atoms with Crippen LogP contribution in [0.2, 0.25) is 0 Å². The average molecular weight is 551 g/mol. The number of benzene rings is 3. The highest BCUT2D eigenvalue weighted by atomic mass is 16.5. The molecule has 0 fully saturated rings. The van der Waals surface area contributed by atoms with E-state index in [0.717, 1.165) is 16.7 Å². The first-order valence-corrected chi connectivity index (χ1v) is 12.5. The van der Waals surface area contributed by atoms with Gasteiger partial charge in [0.2, 0.25) is 5.78 Å². The van der Waals surface area contributed by atoms with Crippen LogP contribution < -0.4 is 9.47 Å². The maximum Gasteiger partial charge on any atom is 0.341 e. The molecule has 2 heterocycles. The summed E-state index contributed by atoms with van der Waals surface area (Å²) in [5.74, 6) is -1.47. The molecule has 0 amide bonds. The molecule has 9 nitrogen and oxygen atoms in total. The topological polar surface area (TPSA) is 105 Å². The molecular formula is C32H26N2O7. The van der Waals surface area contributed by atoms with Crippen molar-refractivity contribution in [2.75, 3.05) is 28.4 Å². The van der Waals surface area contributed by atoms with Crippen LogP contribution in [0.15, 0.2) is 85.2 Å². The van der Waals surface area contributed by atoms with Crippen LogP contribution in [0.5, 0.6) is 11.5 Å². The van der Waals surface area contributed by atoms with Crippen LogP contribution in [0.3, 0.4) is 0 Å². The fraction of sp³-hybridized carbons (Fsp3) is 0.125. The molecule has 9 heteroatoms. The van der Waals surface area contributed by atoms with Crippen LogP contribution in [-0.2, 0) is 9.47 Å². The summed E-state index contributed by atoms with van der Waals surface area (Å²) in [6.07, 6.45) is 1.41. The van der Waals surface area contributed by atoms with Gasteiger partial charge >= 0.3 is 11.9 Å². The van der Waals surface area contributed by atoms with E-state index in [1.165, 1.54) is 51.3 Å². The van der Waals surface area contributed by atoms with Gasteiger partial charge in [0.15, 0.2) is 11.5 Å². The number of fused-ring (bicyclic) bond motifs is 1. The number of esters is 2. The van der Waals surface area contributed by atoms with E-state index in [-0.39, 0.29) is 27.9 Å². The molecule has 0 N–H and O–H groups in total. The zero-order valence-corrected chi connectivity index (χ0v) is 22.8. The Morgan fingerprint density at radius 1 is 0.659 bits per heavy atom. The molecule has 2 aromatic heterocycles. The van der Waals surface area contributed by atoms with Gasteiger partial charge in [0.1, 0.15) is 23.1 Å². The van der Waals surface area contributed by atoms with Gasteiger partial charge in [-0.05, 0) is 35.4 Å². The van der Waals surface area contributed by atoms with Crippen LogP contribution in [0.4, 0.5) is 0 Å². The second kappa shape index (κ2) is 11.4. The van der Waals surface area contributed by atoms with Crippen molar-refractivity contribution in [1.29, 1.82) is 0 Å². The van der Waals surface area contributed by atoms with Crippen molar-refractivity contribution in [1.82, 2.24) is 9.38 Å². The lowest BCUT2D eigenvalue weighted by Crippen LogP contribution is -2.15. The van der Waals surface area contributed by atoms with Gasteiger partial charge in [0.05, 0.1) is 39.6 Å². The highest BCUT2D eigenvalue weighted by Gasteiger charge is 2.33. The number of ketones is 1. The zero-order chi connectivity index (χ0) is 29.1. The van der Waals surface area contributed by atoms with Gasteiger partial charge in [0, 0.05) is 11.1 Å². The Balaban J connectivity index is 1.70. The van der Waals surface area contributed by atoms with Gasteiger partial charge in [-0.2, -0.15) is 0 Å². The normalized spacial score (nSPS) is 10.7. The van der Waals surface area contributed by atoms with E-state index in [2.05, 4.69) is 4.98 Å². The third-order valence-electron chi connectivity index (χ3n) is 6.76. The monoisotopic (exact) mass is 550 g/mol. The van der Waals surface area contributed by atoms with Crippen LogP contribution in [0.25, 0.3) is 27.9 Å². The van der Waals surface area contributed by atoms with E-state index in [4.69, 9.17) is 18.9 Å². The second-order valence-corrected chi connectivity index (χ2v) is 8.95. The maximum atomic E-state index is 13.9. The molecule has 3 aromatic carbocycles. The third kappa shape index (κ3) is 4.89. The molecule has 0 aliphatic heterocycles. The molecular weight excluding hydrogens is 524 g/mol. The largest absolute Gasteiger partial charge is 0.493 e. The zero-order valence-electron chi connectivity index (χ0n) is 22.8. The summed E-state index contributed by atoms with van der Waals surface area (Å²) >= 11 is 0. The highest BCUT2D eigenvalue weighted by molar-refractivity contribution is 6.20. The van der Waals surface area contributed by atoms with Crippen LogP contribution in [0.1, 0.15) is 36.8 Å². The number of aromatic nitrogens is 2. The molecule has 5 aromatic rings. The molecule has 206 valence electrons. The number of carbonyl (C=O) groups is 3. The maximum absolute atomic E-state index is 13.9. The smallest absolute Gasteiger partial charge is 0.341 e. The Morgan fingerprint density at radius 2 is 1.27 bits per heavy atom. The van der Waals surface area contributed by atoms with Crippen molar-refractivity contribution >= 4 is 23.2 Å². The van der Waals surface area contributed by atoms with Crippen molar-refractivity contribution < 1.29 is 33.3 Å². The van der Waals surface area contributed by atoms with Crippen LogP contribution in [0, 0.1) is 0 Å². The quantitative estimate of drug-likeness (QED) is 0.185. The minimum atomic E-state index is -0.869. The molecule has 5 rings (SSSR count). The van der Waals surface area contributed by atoms with E-state index >= 15 is 0 Å². The predicted octanol–water partition coefficient (Wildman–Crippen LogP) is 5.49. The molecule has 0 spiro atoms. The van der Waals surface area contributed by atoms with E-state index in [1.807, 2.05) is 54.6 Å². The standard InChI is InChI=1S/C32H26N2O7/c1-38-25-15-14-22(16-26(25)39-2)30(35)29-28(32(37)41-4)27(31(36)40-3)24-17-23(33-18-34(24)29)21-12-10-20(11-13-21)19-8-6-5-7-9-19/h5-18H,1-4H3. The van der Waals surface area contributed by atoms with Gasteiger partial charge in [-0.3, -0.25) is 9.20 Å². The number of carbonyl (C=O) groups excluding carboxylic acids is 3. The van der Waals surface area contributed by atoms with Crippen molar-refractivity contribution in [2.45, 2.75) is 0 Å². The fourth-order valence-corrected chi connectivity index (χ4v) is 4.72. The van der Waals surface area contributed by atoms with Gasteiger partial charge < -0.3 is 18.9 Å². The molecule has 0 aliphatic carbocycles. The molecule has 0 saturated heterocycles. The minimum absolute atomic E-state index is 0.0991. The molecule has 0 atom stereocenters. The van der Waals surface area contributed by atoms with Gasteiger partial charge in [-0.25, -0.2) is 14.6 Å². The number of ether oxygens (including phenoxy) is 4. The van der Waals surface area contributed by atoms with Gasteiger partial charge in [-0.1, -0.05) is 54.6 Å². The molecule has 0 bridgehead atoms. The summed E-state index contributed by atoms with van der Waals surface area (Å²) < 4.78 is 22.1. The number of methoxy groups -OCH3 is 4. The molecule has 0 radical (unpaired) electrons. The first kappa shape index (κ1) is 27.1. The third-order valence-corrected chi connectivity index (χ3v) is 6.76. The fourth-order valence-electron chi connectivity index (χ4n) is 4.72. The number of hydrogen-bond donors (Lipinski definition) is 0. The van der Waals surface area contributed by atoms with Gasteiger partial charge in [-0.15, -0.1) is 0 Å². The Morgan fingerprint density at radius 3 is 1.90 bits per heavy atom. The molecule has 0 unspecified atom stereocenters. The SMILES string of the molecule is COC(=O)c1c(C(=O)OC)c2cc(-c3ccc(-c4ccccc4)cc3)ncn2c1C(=O)c1ccc(OC)c(OC)c1. The lowest BCUT2D eigenvalue weighted by Gasteiger charge is -2.10. The Kier molecular flexibility index (Phi) is 7.51. The number of rotatable bonds is 8. The highest BCUT2D eigenvalue weighted by Crippen LogP contribution is 2.33.